The lowest BCUT2D eigenvalue weighted by Gasteiger charge is -2.08. The zero-order valence-corrected chi connectivity index (χ0v) is 11.0. The summed E-state index contributed by atoms with van der Waals surface area (Å²) in [4.78, 5) is 10.5. The van der Waals surface area contributed by atoms with Crippen LogP contribution in [0.2, 0.25) is 0 Å². The highest BCUT2D eigenvalue weighted by Crippen LogP contribution is 2.54. The van der Waals surface area contributed by atoms with Crippen LogP contribution in [0.1, 0.15) is 65.7 Å². The number of carboxylic acid groups (broad SMARTS) is 1. The van der Waals surface area contributed by atoms with Crippen molar-refractivity contribution >= 4 is 5.97 Å². The molecule has 0 heterocycles. The molecule has 16 heavy (non-hydrogen) atoms. The van der Waals surface area contributed by atoms with Crippen molar-refractivity contribution in [2.45, 2.75) is 65.7 Å². The molecule has 1 aliphatic rings. The Morgan fingerprint density at radius 3 is 2.50 bits per heavy atom. The number of carbonyl (C=O) groups is 1. The first-order valence-corrected chi connectivity index (χ1v) is 6.63. The van der Waals surface area contributed by atoms with E-state index < -0.39 is 5.97 Å². The summed E-state index contributed by atoms with van der Waals surface area (Å²) in [5.41, 5.74) is 0.622. The van der Waals surface area contributed by atoms with Crippen molar-refractivity contribution in [1.29, 1.82) is 0 Å². The van der Waals surface area contributed by atoms with Gasteiger partial charge in [0, 0.05) is 6.42 Å². The highest BCUT2D eigenvalue weighted by Gasteiger charge is 2.44. The lowest BCUT2D eigenvalue weighted by molar-refractivity contribution is -0.138. The standard InChI is InChI=1S/C14H26O2/c1-11(9-13(15)16)7-5-4-6-8-12-10-14(12,2)3/h11-12H,4-10H2,1-3H3,(H,15,16). The summed E-state index contributed by atoms with van der Waals surface area (Å²) in [6, 6.07) is 0. The van der Waals surface area contributed by atoms with E-state index in [1.165, 1.54) is 32.1 Å². The molecule has 1 aliphatic carbocycles. The molecule has 2 unspecified atom stereocenters. The van der Waals surface area contributed by atoms with Gasteiger partial charge in [-0.1, -0.05) is 46.5 Å². The summed E-state index contributed by atoms with van der Waals surface area (Å²) in [6.45, 7) is 6.75. The Morgan fingerprint density at radius 2 is 2.00 bits per heavy atom. The van der Waals surface area contributed by atoms with Gasteiger partial charge in [0.1, 0.15) is 0 Å². The summed E-state index contributed by atoms with van der Waals surface area (Å²) in [6.07, 6.45) is 7.98. The maximum atomic E-state index is 10.5. The maximum Gasteiger partial charge on any atom is 0.303 e. The summed E-state index contributed by atoms with van der Waals surface area (Å²) in [7, 11) is 0. The maximum absolute atomic E-state index is 10.5. The van der Waals surface area contributed by atoms with Crippen molar-refractivity contribution in [3.05, 3.63) is 0 Å². The van der Waals surface area contributed by atoms with Crippen LogP contribution in [0, 0.1) is 17.3 Å². The topological polar surface area (TPSA) is 37.3 Å². The largest absolute Gasteiger partial charge is 0.481 e. The van der Waals surface area contributed by atoms with Crippen LogP contribution < -0.4 is 0 Å². The van der Waals surface area contributed by atoms with Gasteiger partial charge in [-0.25, -0.2) is 0 Å². The van der Waals surface area contributed by atoms with Gasteiger partial charge < -0.3 is 5.11 Å². The van der Waals surface area contributed by atoms with E-state index in [4.69, 9.17) is 5.11 Å². The Kier molecular flexibility index (Phi) is 4.82. The van der Waals surface area contributed by atoms with Crippen LogP contribution in [0.4, 0.5) is 0 Å². The molecule has 0 bridgehead atoms. The number of carboxylic acids is 1. The average molecular weight is 226 g/mol. The number of aliphatic carboxylic acids is 1. The van der Waals surface area contributed by atoms with Crippen LogP contribution in [0.25, 0.3) is 0 Å². The van der Waals surface area contributed by atoms with E-state index in [1.807, 2.05) is 6.92 Å². The predicted molar refractivity (Wildman–Crippen MR) is 66.4 cm³/mol. The molecule has 0 radical (unpaired) electrons. The van der Waals surface area contributed by atoms with Crippen molar-refractivity contribution in [2.24, 2.45) is 17.3 Å². The Hall–Kier alpha value is -0.530. The fourth-order valence-electron chi connectivity index (χ4n) is 2.53. The van der Waals surface area contributed by atoms with E-state index in [9.17, 15) is 4.79 Å². The number of rotatable bonds is 8. The highest BCUT2D eigenvalue weighted by atomic mass is 16.4. The monoisotopic (exact) mass is 226 g/mol. The molecule has 2 heteroatoms. The fourth-order valence-corrected chi connectivity index (χ4v) is 2.53. The van der Waals surface area contributed by atoms with Gasteiger partial charge in [0.2, 0.25) is 0 Å². The Labute approximate surface area is 99.4 Å². The predicted octanol–water partition coefficient (Wildman–Crippen LogP) is 4.09. The minimum absolute atomic E-state index is 0.329. The van der Waals surface area contributed by atoms with Gasteiger partial charge in [0.05, 0.1) is 0 Å². The molecule has 1 fully saturated rings. The smallest absolute Gasteiger partial charge is 0.303 e. The molecule has 0 aromatic rings. The second-order valence-electron chi connectivity index (χ2n) is 6.23. The van der Waals surface area contributed by atoms with Crippen LogP contribution in [0.15, 0.2) is 0 Å². The second kappa shape index (κ2) is 5.70. The molecular formula is C14H26O2. The molecule has 1 saturated carbocycles. The van der Waals surface area contributed by atoms with Crippen LogP contribution in [0.5, 0.6) is 0 Å². The van der Waals surface area contributed by atoms with Crippen molar-refractivity contribution in [3.63, 3.8) is 0 Å². The van der Waals surface area contributed by atoms with Gasteiger partial charge in [0.25, 0.3) is 0 Å². The van der Waals surface area contributed by atoms with Gasteiger partial charge in [-0.15, -0.1) is 0 Å². The molecule has 1 rings (SSSR count). The van der Waals surface area contributed by atoms with Gasteiger partial charge in [-0.05, 0) is 30.1 Å². The Balaban J connectivity index is 1.90. The number of hydrogen-bond donors (Lipinski definition) is 1. The Morgan fingerprint density at radius 1 is 1.38 bits per heavy atom. The molecule has 0 aromatic heterocycles. The third kappa shape index (κ3) is 5.00. The first kappa shape index (κ1) is 13.5. The summed E-state index contributed by atoms with van der Waals surface area (Å²) in [5.74, 6) is 0.644. The van der Waals surface area contributed by atoms with Crippen LogP contribution in [-0.4, -0.2) is 11.1 Å². The quantitative estimate of drug-likeness (QED) is 0.633. The first-order chi connectivity index (χ1) is 7.42. The molecule has 94 valence electrons. The molecular weight excluding hydrogens is 200 g/mol. The molecule has 1 N–H and O–H groups in total. The van der Waals surface area contributed by atoms with Crippen molar-refractivity contribution in [2.75, 3.05) is 0 Å². The third-order valence-electron chi connectivity index (χ3n) is 3.99. The molecule has 2 nitrogen and oxygen atoms in total. The minimum Gasteiger partial charge on any atom is -0.481 e. The molecule has 0 amide bonds. The van der Waals surface area contributed by atoms with E-state index in [0.29, 0.717) is 17.8 Å². The lowest BCUT2D eigenvalue weighted by atomic mass is 9.98. The molecule has 2 atom stereocenters. The Bertz CT molecular complexity index is 233. The SMILES string of the molecule is CC(CCCCCC1CC1(C)C)CC(=O)O. The van der Waals surface area contributed by atoms with Gasteiger partial charge >= 0.3 is 5.97 Å². The van der Waals surface area contributed by atoms with Crippen molar-refractivity contribution in [1.82, 2.24) is 0 Å². The first-order valence-electron chi connectivity index (χ1n) is 6.63. The molecule has 0 aliphatic heterocycles. The summed E-state index contributed by atoms with van der Waals surface area (Å²) >= 11 is 0. The second-order valence-corrected chi connectivity index (χ2v) is 6.23. The van der Waals surface area contributed by atoms with Crippen molar-refractivity contribution in [3.8, 4) is 0 Å². The molecule has 0 aromatic carbocycles. The summed E-state index contributed by atoms with van der Waals surface area (Å²) in [5, 5.41) is 8.63. The van der Waals surface area contributed by atoms with Crippen LogP contribution in [-0.2, 0) is 4.79 Å². The number of hydrogen-bond acceptors (Lipinski definition) is 1. The third-order valence-corrected chi connectivity index (χ3v) is 3.99. The fraction of sp³-hybridized carbons (Fsp3) is 0.929. The minimum atomic E-state index is -0.660. The zero-order chi connectivity index (χ0) is 12.2. The average Bonchev–Trinajstić information content (AvgIpc) is 2.72. The lowest BCUT2D eigenvalue weighted by Crippen LogP contribution is -2.03. The van der Waals surface area contributed by atoms with E-state index in [-0.39, 0.29) is 0 Å². The highest BCUT2D eigenvalue weighted by molar-refractivity contribution is 5.66. The zero-order valence-electron chi connectivity index (χ0n) is 11.0. The van der Waals surface area contributed by atoms with E-state index in [1.54, 1.807) is 0 Å². The van der Waals surface area contributed by atoms with E-state index in [2.05, 4.69) is 13.8 Å². The van der Waals surface area contributed by atoms with E-state index in [0.717, 1.165) is 12.3 Å². The molecule has 0 spiro atoms. The summed E-state index contributed by atoms with van der Waals surface area (Å²) < 4.78 is 0. The number of unbranched alkanes of at least 4 members (excludes halogenated alkanes) is 2. The van der Waals surface area contributed by atoms with Gasteiger partial charge in [-0.2, -0.15) is 0 Å². The van der Waals surface area contributed by atoms with Gasteiger partial charge in [0.15, 0.2) is 0 Å². The molecule has 0 saturated heterocycles. The van der Waals surface area contributed by atoms with Crippen LogP contribution >= 0.6 is 0 Å². The normalized spacial score (nSPS) is 24.1. The van der Waals surface area contributed by atoms with Crippen LogP contribution in [0.3, 0.4) is 0 Å². The van der Waals surface area contributed by atoms with Gasteiger partial charge in [-0.3, -0.25) is 4.79 Å². The van der Waals surface area contributed by atoms with Crippen molar-refractivity contribution < 1.29 is 9.90 Å². The van der Waals surface area contributed by atoms with E-state index >= 15 is 0 Å².